The van der Waals surface area contributed by atoms with Gasteiger partial charge in [-0.3, -0.25) is 0 Å². The van der Waals surface area contributed by atoms with Crippen molar-refractivity contribution in [3.8, 4) is 5.69 Å². The molecule has 29 heavy (non-hydrogen) atoms. The van der Waals surface area contributed by atoms with Gasteiger partial charge in [0.2, 0.25) is 5.82 Å². The molecule has 1 aromatic carbocycles. The molecule has 0 atom stereocenters. The fraction of sp³-hybridized carbons (Fsp3) is 0.467. The Hall–Kier alpha value is -1.63. The molecule has 0 aliphatic rings. The third kappa shape index (κ3) is 4.76. The van der Waals surface area contributed by atoms with Crippen molar-refractivity contribution >= 4 is 23.4 Å². The van der Waals surface area contributed by atoms with E-state index in [9.17, 15) is 39.5 Å². The zero-order chi connectivity index (χ0) is 22.4. The fourth-order valence-electron chi connectivity index (χ4n) is 2.12. The minimum absolute atomic E-state index is 0.0456. The molecule has 0 spiro atoms. The van der Waals surface area contributed by atoms with Crippen molar-refractivity contribution in [3.63, 3.8) is 0 Å². The van der Waals surface area contributed by atoms with Crippen LogP contribution in [0.5, 0.6) is 0 Å². The molecular weight excluding hydrogens is 461 g/mol. The molecule has 0 bridgehead atoms. The third-order valence-electron chi connectivity index (χ3n) is 3.69. The summed E-state index contributed by atoms with van der Waals surface area (Å²) < 4.78 is 117. The largest absolute Gasteiger partial charge is 0.461 e. The van der Waals surface area contributed by atoms with Crippen LogP contribution in [-0.4, -0.2) is 38.0 Å². The Labute approximate surface area is 167 Å². The second kappa shape index (κ2) is 7.56. The Balaban J connectivity index is 2.38. The summed E-state index contributed by atoms with van der Waals surface area (Å²) in [5.74, 6) is -13.1. The van der Waals surface area contributed by atoms with Crippen molar-refractivity contribution in [2.75, 3.05) is 5.75 Å². The standard InChI is InChI=1S/C15H11ClF9N3S/c1-7-3-8(2)10(29-5-12(17,18)14(16,21)22)4-9(7)28-6-26-11(27-28)13(19,20)15(23,24)25/h3-4,6H,5H2,1-2H3. The topological polar surface area (TPSA) is 30.7 Å². The van der Waals surface area contributed by atoms with E-state index in [1.807, 2.05) is 0 Å². The van der Waals surface area contributed by atoms with Gasteiger partial charge < -0.3 is 0 Å². The van der Waals surface area contributed by atoms with Gasteiger partial charge in [-0.1, -0.05) is 6.07 Å². The maximum absolute atomic E-state index is 13.4. The Kier molecular flexibility index (Phi) is 6.17. The number of rotatable bonds is 6. The lowest BCUT2D eigenvalue weighted by atomic mass is 10.1. The predicted molar refractivity (Wildman–Crippen MR) is 87.3 cm³/mol. The van der Waals surface area contributed by atoms with Gasteiger partial charge in [-0.05, 0) is 42.6 Å². The predicted octanol–water partition coefficient (Wildman–Crippen LogP) is 6.10. The van der Waals surface area contributed by atoms with Crippen LogP contribution in [0.2, 0.25) is 0 Å². The van der Waals surface area contributed by atoms with Gasteiger partial charge in [-0.25, -0.2) is 9.67 Å². The number of aryl methyl sites for hydroxylation is 2. The number of hydrogen-bond donors (Lipinski definition) is 0. The lowest BCUT2D eigenvalue weighted by molar-refractivity contribution is -0.292. The van der Waals surface area contributed by atoms with Crippen LogP contribution in [-0.2, 0) is 5.92 Å². The van der Waals surface area contributed by atoms with Crippen LogP contribution in [0.15, 0.2) is 23.4 Å². The second-order valence-electron chi connectivity index (χ2n) is 5.98. The first-order chi connectivity index (χ1) is 13.0. The summed E-state index contributed by atoms with van der Waals surface area (Å²) in [7, 11) is 0. The molecule has 2 rings (SSSR count). The van der Waals surface area contributed by atoms with Gasteiger partial charge in [0.1, 0.15) is 6.33 Å². The van der Waals surface area contributed by atoms with Crippen molar-refractivity contribution in [3.05, 3.63) is 35.4 Å². The first kappa shape index (κ1) is 23.6. The molecule has 0 unspecified atom stereocenters. The highest BCUT2D eigenvalue weighted by atomic mass is 35.5. The number of halogens is 10. The van der Waals surface area contributed by atoms with Crippen molar-refractivity contribution in [1.29, 1.82) is 0 Å². The van der Waals surface area contributed by atoms with Crippen LogP contribution >= 0.6 is 23.4 Å². The average molecular weight is 472 g/mol. The van der Waals surface area contributed by atoms with Crippen LogP contribution < -0.4 is 0 Å². The van der Waals surface area contributed by atoms with E-state index < -0.39 is 35.0 Å². The summed E-state index contributed by atoms with van der Waals surface area (Å²) in [5.41, 5.74) is 0.676. The quantitative estimate of drug-likeness (QED) is 0.290. The molecule has 1 aromatic heterocycles. The molecule has 3 nitrogen and oxygen atoms in total. The molecule has 162 valence electrons. The fourth-order valence-corrected chi connectivity index (χ4v) is 3.27. The summed E-state index contributed by atoms with van der Waals surface area (Å²) in [5, 5.41) is -1.65. The van der Waals surface area contributed by atoms with Crippen molar-refractivity contribution in [2.24, 2.45) is 0 Å². The van der Waals surface area contributed by atoms with E-state index in [1.165, 1.54) is 19.9 Å². The number of aromatic nitrogens is 3. The first-order valence-electron chi connectivity index (χ1n) is 7.53. The number of alkyl halides is 10. The summed E-state index contributed by atoms with van der Waals surface area (Å²) >= 11 is 4.69. The van der Waals surface area contributed by atoms with Crippen molar-refractivity contribution in [2.45, 2.75) is 42.1 Å². The lowest BCUT2D eigenvalue weighted by Gasteiger charge is -2.21. The van der Waals surface area contributed by atoms with E-state index in [-0.39, 0.29) is 10.6 Å². The van der Waals surface area contributed by atoms with Crippen molar-refractivity contribution < 1.29 is 39.5 Å². The summed E-state index contributed by atoms with van der Waals surface area (Å²) in [6.07, 6.45) is -5.32. The van der Waals surface area contributed by atoms with Crippen LogP contribution in [0.1, 0.15) is 17.0 Å². The SMILES string of the molecule is Cc1cc(C)c(-n2cnc(C(F)(F)C(F)(F)F)n2)cc1SCC(F)(F)C(F)(F)Cl. The molecule has 2 aromatic rings. The highest BCUT2D eigenvalue weighted by Gasteiger charge is 2.61. The molecule has 0 saturated carbocycles. The molecule has 0 amide bonds. The highest BCUT2D eigenvalue weighted by molar-refractivity contribution is 7.99. The van der Waals surface area contributed by atoms with Crippen LogP contribution in [0, 0.1) is 13.8 Å². The van der Waals surface area contributed by atoms with E-state index in [2.05, 4.69) is 21.7 Å². The van der Waals surface area contributed by atoms with E-state index in [0.717, 1.165) is 6.07 Å². The molecule has 1 heterocycles. The zero-order valence-electron chi connectivity index (χ0n) is 14.5. The number of benzene rings is 1. The van der Waals surface area contributed by atoms with Gasteiger partial charge in [0.05, 0.1) is 11.4 Å². The molecule has 0 saturated heterocycles. The van der Waals surface area contributed by atoms with Gasteiger partial charge in [0.25, 0.3) is 0 Å². The molecule has 0 fully saturated rings. The van der Waals surface area contributed by atoms with Gasteiger partial charge in [0.15, 0.2) is 0 Å². The smallest absolute Gasteiger partial charge is 0.220 e. The van der Waals surface area contributed by atoms with Crippen molar-refractivity contribution in [1.82, 2.24) is 14.8 Å². The molecule has 0 radical (unpaired) electrons. The average Bonchev–Trinajstić information content (AvgIpc) is 3.02. The maximum Gasteiger partial charge on any atom is 0.461 e. The minimum Gasteiger partial charge on any atom is -0.220 e. The van der Waals surface area contributed by atoms with Crippen LogP contribution in [0.3, 0.4) is 0 Å². The first-order valence-corrected chi connectivity index (χ1v) is 8.89. The third-order valence-corrected chi connectivity index (χ3v) is 5.23. The van der Waals surface area contributed by atoms with Crippen LogP contribution in [0.4, 0.5) is 39.5 Å². The summed E-state index contributed by atoms with van der Waals surface area (Å²) in [6.45, 7) is 2.93. The van der Waals surface area contributed by atoms with Gasteiger partial charge in [-0.15, -0.1) is 16.9 Å². The van der Waals surface area contributed by atoms with Gasteiger partial charge in [0, 0.05) is 4.90 Å². The highest BCUT2D eigenvalue weighted by Crippen LogP contribution is 2.43. The number of thioether (sulfide) groups is 1. The maximum atomic E-state index is 13.4. The Morgan fingerprint density at radius 1 is 0.966 bits per heavy atom. The summed E-state index contributed by atoms with van der Waals surface area (Å²) in [6, 6.07) is 2.54. The Morgan fingerprint density at radius 2 is 1.55 bits per heavy atom. The summed E-state index contributed by atoms with van der Waals surface area (Å²) in [4.78, 5) is 3.03. The Morgan fingerprint density at radius 3 is 2.07 bits per heavy atom. The molecule has 0 aliphatic carbocycles. The molecule has 14 heteroatoms. The minimum atomic E-state index is -5.92. The normalized spacial score (nSPS) is 13.8. The molecule has 0 N–H and O–H groups in total. The molecule has 0 aliphatic heterocycles. The van der Waals surface area contributed by atoms with E-state index in [0.29, 0.717) is 33.9 Å². The Bertz CT molecular complexity index is 890. The zero-order valence-corrected chi connectivity index (χ0v) is 16.0. The second-order valence-corrected chi connectivity index (χ2v) is 7.47. The number of nitrogens with zero attached hydrogens (tertiary/aromatic N) is 3. The number of hydrogen-bond acceptors (Lipinski definition) is 3. The monoisotopic (exact) mass is 471 g/mol. The van der Waals surface area contributed by atoms with E-state index in [1.54, 1.807) is 0 Å². The van der Waals surface area contributed by atoms with E-state index >= 15 is 0 Å². The lowest BCUT2D eigenvalue weighted by Crippen LogP contribution is -2.37. The van der Waals surface area contributed by atoms with Crippen LogP contribution in [0.25, 0.3) is 5.69 Å². The van der Waals surface area contributed by atoms with Gasteiger partial charge in [-0.2, -0.15) is 39.5 Å². The van der Waals surface area contributed by atoms with Gasteiger partial charge >= 0.3 is 23.4 Å². The van der Waals surface area contributed by atoms with E-state index in [4.69, 9.17) is 0 Å². The molecular formula is C15H11ClF9N3S.